The Morgan fingerprint density at radius 1 is 1.03 bits per heavy atom. The summed E-state index contributed by atoms with van der Waals surface area (Å²) < 4.78 is 13.0. The van der Waals surface area contributed by atoms with Crippen molar-refractivity contribution in [1.29, 1.82) is 0 Å². The van der Waals surface area contributed by atoms with Crippen molar-refractivity contribution in [2.75, 3.05) is 29.9 Å². The highest BCUT2D eigenvalue weighted by Gasteiger charge is 2.19. The second-order valence-corrected chi connectivity index (χ2v) is 7.39. The van der Waals surface area contributed by atoms with Gasteiger partial charge in [0.25, 0.3) is 5.91 Å². The summed E-state index contributed by atoms with van der Waals surface area (Å²) in [4.78, 5) is 27.4. The number of amides is 2. The molecule has 0 atom stereocenters. The zero-order valence-corrected chi connectivity index (χ0v) is 16.8. The van der Waals surface area contributed by atoms with Crippen molar-refractivity contribution in [3.63, 3.8) is 0 Å². The lowest BCUT2D eigenvalue weighted by atomic mass is 10.1. The van der Waals surface area contributed by atoms with Gasteiger partial charge in [0.1, 0.15) is 5.82 Å². The number of piperidine rings is 1. The van der Waals surface area contributed by atoms with Crippen LogP contribution in [0.25, 0.3) is 0 Å². The summed E-state index contributed by atoms with van der Waals surface area (Å²) in [5.74, 6) is -0.658. The average molecular weight is 397 g/mol. The van der Waals surface area contributed by atoms with Crippen LogP contribution >= 0.6 is 0 Å². The highest BCUT2D eigenvalue weighted by molar-refractivity contribution is 6.02. The molecule has 1 aliphatic heterocycles. The fourth-order valence-corrected chi connectivity index (χ4v) is 3.53. The molecule has 1 aliphatic rings. The summed E-state index contributed by atoms with van der Waals surface area (Å²) in [5, 5.41) is 5.80. The SMILES string of the molecule is CCCNC(=O)c1cc(NC(=O)Cc2ccc(F)cc2)ccc1N1CCCCC1. The molecule has 2 amide bonds. The number of anilines is 2. The number of rotatable bonds is 7. The van der Waals surface area contributed by atoms with Crippen LogP contribution < -0.4 is 15.5 Å². The molecule has 0 radical (unpaired) electrons. The molecule has 0 aliphatic carbocycles. The van der Waals surface area contributed by atoms with Crippen molar-refractivity contribution in [3.8, 4) is 0 Å². The fraction of sp³-hybridized carbons (Fsp3) is 0.391. The van der Waals surface area contributed by atoms with Gasteiger partial charge in [0.2, 0.25) is 5.91 Å². The molecule has 0 spiro atoms. The maximum Gasteiger partial charge on any atom is 0.253 e. The summed E-state index contributed by atoms with van der Waals surface area (Å²) in [6, 6.07) is 11.4. The average Bonchev–Trinajstić information content (AvgIpc) is 2.74. The molecule has 1 fully saturated rings. The number of benzene rings is 2. The van der Waals surface area contributed by atoms with Crippen molar-refractivity contribution < 1.29 is 14.0 Å². The summed E-state index contributed by atoms with van der Waals surface area (Å²) in [5.41, 5.74) is 2.81. The number of nitrogens with one attached hydrogen (secondary N) is 2. The van der Waals surface area contributed by atoms with E-state index in [0.717, 1.165) is 43.6 Å². The Morgan fingerprint density at radius 3 is 2.45 bits per heavy atom. The van der Waals surface area contributed by atoms with E-state index in [1.807, 2.05) is 19.1 Å². The molecule has 1 heterocycles. The fourth-order valence-electron chi connectivity index (χ4n) is 3.53. The molecule has 29 heavy (non-hydrogen) atoms. The number of hydrogen-bond donors (Lipinski definition) is 2. The van der Waals surface area contributed by atoms with Crippen LogP contribution in [0.15, 0.2) is 42.5 Å². The van der Waals surface area contributed by atoms with E-state index in [1.165, 1.54) is 18.6 Å². The van der Waals surface area contributed by atoms with E-state index in [1.54, 1.807) is 18.2 Å². The van der Waals surface area contributed by atoms with Crippen molar-refractivity contribution in [1.82, 2.24) is 5.32 Å². The topological polar surface area (TPSA) is 61.4 Å². The quantitative estimate of drug-likeness (QED) is 0.738. The molecule has 2 N–H and O–H groups in total. The number of halogens is 1. The van der Waals surface area contributed by atoms with Gasteiger partial charge in [-0.3, -0.25) is 9.59 Å². The van der Waals surface area contributed by atoms with Crippen LogP contribution in [0.4, 0.5) is 15.8 Å². The number of carbonyl (C=O) groups excluding carboxylic acids is 2. The molecule has 1 saturated heterocycles. The van der Waals surface area contributed by atoms with Gasteiger partial charge in [-0.2, -0.15) is 0 Å². The van der Waals surface area contributed by atoms with Gasteiger partial charge < -0.3 is 15.5 Å². The molecular formula is C23H28FN3O2. The first-order chi connectivity index (χ1) is 14.1. The normalized spacial score (nSPS) is 13.8. The van der Waals surface area contributed by atoms with Gasteiger partial charge in [0.15, 0.2) is 0 Å². The van der Waals surface area contributed by atoms with Crippen LogP contribution in [-0.2, 0) is 11.2 Å². The number of nitrogens with zero attached hydrogens (tertiary/aromatic N) is 1. The van der Waals surface area contributed by atoms with Gasteiger partial charge in [-0.1, -0.05) is 19.1 Å². The van der Waals surface area contributed by atoms with Crippen LogP contribution in [0, 0.1) is 5.82 Å². The Morgan fingerprint density at radius 2 is 1.76 bits per heavy atom. The van der Waals surface area contributed by atoms with Gasteiger partial charge in [-0.25, -0.2) is 4.39 Å². The van der Waals surface area contributed by atoms with Crippen molar-refractivity contribution >= 4 is 23.2 Å². The van der Waals surface area contributed by atoms with Crippen LogP contribution in [0.5, 0.6) is 0 Å². The minimum Gasteiger partial charge on any atom is -0.371 e. The van der Waals surface area contributed by atoms with Crippen molar-refractivity contribution in [2.45, 2.75) is 39.0 Å². The monoisotopic (exact) mass is 397 g/mol. The lowest BCUT2D eigenvalue weighted by molar-refractivity contribution is -0.115. The van der Waals surface area contributed by atoms with Crippen LogP contribution in [0.1, 0.15) is 48.5 Å². The first kappa shape index (κ1) is 20.8. The molecule has 2 aromatic carbocycles. The molecule has 5 nitrogen and oxygen atoms in total. The number of carbonyl (C=O) groups is 2. The Balaban J connectivity index is 1.76. The zero-order chi connectivity index (χ0) is 20.6. The Bertz CT molecular complexity index is 846. The van der Waals surface area contributed by atoms with Gasteiger partial charge >= 0.3 is 0 Å². The standard InChI is InChI=1S/C23H28FN3O2/c1-2-12-25-23(29)20-16-19(10-11-21(20)27-13-4-3-5-14-27)26-22(28)15-17-6-8-18(24)9-7-17/h6-11,16H,2-5,12-15H2,1H3,(H,25,29)(H,26,28). The van der Waals surface area contributed by atoms with E-state index < -0.39 is 0 Å². The van der Waals surface area contributed by atoms with Gasteiger partial charge in [0.05, 0.1) is 12.0 Å². The second kappa shape index (κ2) is 10.0. The van der Waals surface area contributed by atoms with Crippen molar-refractivity contribution in [2.24, 2.45) is 0 Å². The van der Waals surface area contributed by atoms with Gasteiger partial charge in [-0.05, 0) is 61.6 Å². The highest BCUT2D eigenvalue weighted by atomic mass is 19.1. The first-order valence-corrected chi connectivity index (χ1v) is 10.3. The predicted octanol–water partition coefficient (Wildman–Crippen LogP) is 4.14. The van der Waals surface area contributed by atoms with E-state index in [0.29, 0.717) is 17.8 Å². The molecule has 0 unspecified atom stereocenters. The summed E-state index contributed by atoms with van der Waals surface area (Å²) in [6.45, 7) is 4.49. The van der Waals surface area contributed by atoms with E-state index in [-0.39, 0.29) is 24.1 Å². The van der Waals surface area contributed by atoms with E-state index in [9.17, 15) is 14.0 Å². The molecule has 0 bridgehead atoms. The van der Waals surface area contributed by atoms with Gasteiger partial charge in [-0.15, -0.1) is 0 Å². The molecular weight excluding hydrogens is 369 g/mol. The third-order valence-electron chi connectivity index (χ3n) is 5.04. The molecule has 154 valence electrons. The molecule has 3 rings (SSSR count). The third-order valence-corrected chi connectivity index (χ3v) is 5.04. The van der Waals surface area contributed by atoms with E-state index in [4.69, 9.17) is 0 Å². The van der Waals surface area contributed by atoms with Crippen LogP contribution in [0.3, 0.4) is 0 Å². The minimum atomic E-state index is -0.329. The van der Waals surface area contributed by atoms with E-state index in [2.05, 4.69) is 15.5 Å². The summed E-state index contributed by atoms with van der Waals surface area (Å²) in [6.07, 6.45) is 4.45. The molecule has 6 heteroatoms. The predicted molar refractivity (Wildman–Crippen MR) is 114 cm³/mol. The molecule has 0 saturated carbocycles. The molecule has 0 aromatic heterocycles. The van der Waals surface area contributed by atoms with E-state index >= 15 is 0 Å². The van der Waals surface area contributed by atoms with Crippen LogP contribution in [0.2, 0.25) is 0 Å². The summed E-state index contributed by atoms with van der Waals surface area (Å²) in [7, 11) is 0. The Labute approximate surface area is 171 Å². The smallest absolute Gasteiger partial charge is 0.253 e. The molecule has 2 aromatic rings. The highest BCUT2D eigenvalue weighted by Crippen LogP contribution is 2.27. The van der Waals surface area contributed by atoms with Crippen molar-refractivity contribution in [3.05, 3.63) is 59.4 Å². The lowest BCUT2D eigenvalue weighted by Crippen LogP contribution is -2.33. The Hall–Kier alpha value is -2.89. The zero-order valence-electron chi connectivity index (χ0n) is 16.8. The minimum absolute atomic E-state index is 0.123. The first-order valence-electron chi connectivity index (χ1n) is 10.3. The lowest BCUT2D eigenvalue weighted by Gasteiger charge is -2.30. The largest absolute Gasteiger partial charge is 0.371 e. The Kier molecular flexibility index (Phi) is 7.22. The maximum absolute atomic E-state index is 13.0. The maximum atomic E-state index is 13.0. The third kappa shape index (κ3) is 5.79. The summed E-state index contributed by atoms with van der Waals surface area (Å²) >= 11 is 0. The van der Waals surface area contributed by atoms with Crippen LogP contribution in [-0.4, -0.2) is 31.4 Å². The number of hydrogen-bond acceptors (Lipinski definition) is 3. The second-order valence-electron chi connectivity index (χ2n) is 7.39. The van der Waals surface area contributed by atoms with Gasteiger partial charge in [0, 0.05) is 31.0 Å².